The summed E-state index contributed by atoms with van der Waals surface area (Å²) >= 11 is 0. The zero-order valence-electron chi connectivity index (χ0n) is 15.3. The van der Waals surface area contributed by atoms with Crippen LogP contribution in [0.15, 0.2) is 53.3 Å². The second kappa shape index (κ2) is 8.31. The van der Waals surface area contributed by atoms with Crippen molar-refractivity contribution in [3.63, 3.8) is 0 Å². The third-order valence-corrected chi connectivity index (χ3v) is 3.91. The molecule has 140 valence electrons. The van der Waals surface area contributed by atoms with Crippen LogP contribution in [0.25, 0.3) is 11.4 Å². The smallest absolute Gasteiger partial charge is 0.319 e. The molecule has 1 atom stereocenters. The van der Waals surface area contributed by atoms with E-state index in [1.807, 2.05) is 19.9 Å². The molecule has 3 rings (SSSR count). The van der Waals surface area contributed by atoms with Crippen molar-refractivity contribution in [1.82, 2.24) is 20.4 Å². The van der Waals surface area contributed by atoms with Gasteiger partial charge in [-0.25, -0.2) is 4.79 Å². The van der Waals surface area contributed by atoms with Gasteiger partial charge in [-0.05, 0) is 30.2 Å². The largest absolute Gasteiger partial charge is 0.497 e. The number of nitrogens with one attached hydrogen (secondary N) is 2. The normalized spacial score (nSPS) is 11.9. The fourth-order valence-electron chi connectivity index (χ4n) is 2.50. The summed E-state index contributed by atoms with van der Waals surface area (Å²) < 4.78 is 10.5. The highest BCUT2D eigenvalue weighted by atomic mass is 16.5. The van der Waals surface area contributed by atoms with Crippen LogP contribution in [0.2, 0.25) is 0 Å². The first-order valence-corrected chi connectivity index (χ1v) is 8.52. The summed E-state index contributed by atoms with van der Waals surface area (Å²) in [5.41, 5.74) is 1.37. The summed E-state index contributed by atoms with van der Waals surface area (Å²) in [5, 5.41) is 9.65. The van der Waals surface area contributed by atoms with Gasteiger partial charge in [-0.15, -0.1) is 0 Å². The Kier molecular flexibility index (Phi) is 5.65. The van der Waals surface area contributed by atoms with E-state index in [1.165, 1.54) is 0 Å². The maximum absolute atomic E-state index is 12.4. The molecule has 0 aliphatic heterocycles. The Balaban J connectivity index is 1.72. The Hall–Kier alpha value is -3.42. The Morgan fingerprint density at radius 2 is 2.07 bits per heavy atom. The van der Waals surface area contributed by atoms with Crippen molar-refractivity contribution in [2.24, 2.45) is 5.92 Å². The molecule has 8 heteroatoms. The van der Waals surface area contributed by atoms with Gasteiger partial charge in [0.25, 0.3) is 0 Å². The third kappa shape index (κ3) is 4.60. The van der Waals surface area contributed by atoms with Crippen molar-refractivity contribution in [2.45, 2.75) is 19.9 Å². The zero-order chi connectivity index (χ0) is 19.2. The van der Waals surface area contributed by atoms with Gasteiger partial charge in [-0.3, -0.25) is 4.98 Å². The molecule has 0 radical (unpaired) electrons. The number of aromatic nitrogens is 3. The summed E-state index contributed by atoms with van der Waals surface area (Å²) in [5.74, 6) is 1.47. The monoisotopic (exact) mass is 367 g/mol. The topological polar surface area (TPSA) is 102 Å². The van der Waals surface area contributed by atoms with E-state index in [9.17, 15) is 4.79 Å². The summed E-state index contributed by atoms with van der Waals surface area (Å²) in [6.45, 7) is 3.93. The van der Waals surface area contributed by atoms with Crippen LogP contribution in [-0.4, -0.2) is 28.3 Å². The lowest BCUT2D eigenvalue weighted by Gasteiger charge is -2.19. The minimum Gasteiger partial charge on any atom is -0.497 e. The number of nitrogens with zero attached hydrogens (tertiary/aromatic N) is 3. The zero-order valence-corrected chi connectivity index (χ0v) is 15.3. The number of carbonyl (C=O) groups excluding carboxylic acids is 1. The van der Waals surface area contributed by atoms with E-state index in [0.29, 0.717) is 23.2 Å². The lowest BCUT2D eigenvalue weighted by atomic mass is 10.0. The number of pyridine rings is 1. The molecule has 0 aliphatic carbocycles. The van der Waals surface area contributed by atoms with E-state index in [4.69, 9.17) is 9.26 Å². The third-order valence-electron chi connectivity index (χ3n) is 3.91. The predicted molar refractivity (Wildman–Crippen MR) is 100 cm³/mol. The van der Waals surface area contributed by atoms with Crippen molar-refractivity contribution < 1.29 is 14.1 Å². The van der Waals surface area contributed by atoms with Crippen LogP contribution in [0, 0.1) is 5.92 Å². The maximum Gasteiger partial charge on any atom is 0.319 e. The molecule has 1 aromatic carbocycles. The van der Waals surface area contributed by atoms with Crippen LogP contribution in [0.4, 0.5) is 10.5 Å². The molecule has 0 saturated carbocycles. The molecule has 3 aromatic rings. The van der Waals surface area contributed by atoms with Crippen molar-refractivity contribution in [3.05, 3.63) is 54.7 Å². The van der Waals surface area contributed by atoms with Crippen molar-refractivity contribution >= 4 is 11.7 Å². The highest BCUT2D eigenvalue weighted by Gasteiger charge is 2.25. The van der Waals surface area contributed by atoms with Crippen LogP contribution in [-0.2, 0) is 0 Å². The van der Waals surface area contributed by atoms with Gasteiger partial charge in [-0.2, -0.15) is 4.98 Å². The average Bonchev–Trinajstić information content (AvgIpc) is 3.16. The highest BCUT2D eigenvalue weighted by molar-refractivity contribution is 5.89. The number of hydrogen-bond acceptors (Lipinski definition) is 6. The number of benzene rings is 1. The van der Waals surface area contributed by atoms with E-state index < -0.39 is 6.04 Å². The molecule has 2 aromatic heterocycles. The number of methoxy groups -OCH3 is 1. The first-order valence-electron chi connectivity index (χ1n) is 8.52. The fraction of sp³-hybridized carbons (Fsp3) is 0.263. The van der Waals surface area contributed by atoms with Crippen molar-refractivity contribution in [2.75, 3.05) is 12.4 Å². The second-order valence-electron chi connectivity index (χ2n) is 6.25. The van der Waals surface area contributed by atoms with Crippen molar-refractivity contribution in [1.29, 1.82) is 0 Å². The molecule has 1 unspecified atom stereocenters. The number of ether oxygens (including phenoxy) is 1. The number of hydrogen-bond donors (Lipinski definition) is 2. The number of carbonyl (C=O) groups is 1. The van der Waals surface area contributed by atoms with Crippen LogP contribution in [0.3, 0.4) is 0 Å². The van der Waals surface area contributed by atoms with Crippen LogP contribution < -0.4 is 15.4 Å². The van der Waals surface area contributed by atoms with Crippen LogP contribution >= 0.6 is 0 Å². The van der Waals surface area contributed by atoms with E-state index in [2.05, 4.69) is 25.8 Å². The quantitative estimate of drug-likeness (QED) is 0.689. The van der Waals surface area contributed by atoms with Crippen LogP contribution in [0.5, 0.6) is 5.75 Å². The number of amides is 2. The Labute approximate surface area is 157 Å². The van der Waals surface area contributed by atoms with Gasteiger partial charge in [-0.1, -0.05) is 25.1 Å². The molecule has 2 heterocycles. The molecular weight excluding hydrogens is 346 g/mol. The SMILES string of the molecule is COc1cccc(NC(=O)NC(c2nc(-c3cccnc3)no2)C(C)C)c1. The van der Waals surface area contributed by atoms with E-state index >= 15 is 0 Å². The van der Waals surface area contributed by atoms with Gasteiger partial charge in [0.2, 0.25) is 11.7 Å². The van der Waals surface area contributed by atoms with E-state index in [-0.39, 0.29) is 11.9 Å². The van der Waals surface area contributed by atoms with E-state index in [1.54, 1.807) is 49.8 Å². The highest BCUT2D eigenvalue weighted by Crippen LogP contribution is 2.23. The van der Waals surface area contributed by atoms with Gasteiger partial charge >= 0.3 is 6.03 Å². The lowest BCUT2D eigenvalue weighted by Crippen LogP contribution is -2.35. The summed E-state index contributed by atoms with van der Waals surface area (Å²) in [6, 6.07) is 9.94. The summed E-state index contributed by atoms with van der Waals surface area (Å²) in [7, 11) is 1.57. The summed E-state index contributed by atoms with van der Waals surface area (Å²) in [4.78, 5) is 20.9. The standard InChI is InChI=1S/C19H21N5O3/c1-12(2)16(18-23-17(24-27-18)13-6-5-9-20-11-13)22-19(25)21-14-7-4-8-15(10-14)26-3/h4-12,16H,1-3H3,(H2,21,22,25). The average molecular weight is 367 g/mol. The molecule has 2 N–H and O–H groups in total. The maximum atomic E-state index is 12.4. The van der Waals surface area contributed by atoms with Gasteiger partial charge in [0.15, 0.2) is 0 Å². The van der Waals surface area contributed by atoms with Gasteiger partial charge < -0.3 is 19.9 Å². The number of urea groups is 1. The molecule has 27 heavy (non-hydrogen) atoms. The Bertz CT molecular complexity index is 895. The molecule has 0 aliphatic rings. The fourth-order valence-corrected chi connectivity index (χ4v) is 2.50. The molecule has 0 saturated heterocycles. The minimum atomic E-state index is -0.437. The Morgan fingerprint density at radius 1 is 1.22 bits per heavy atom. The second-order valence-corrected chi connectivity index (χ2v) is 6.25. The molecular formula is C19H21N5O3. The first-order chi connectivity index (χ1) is 13.1. The Morgan fingerprint density at radius 3 is 2.78 bits per heavy atom. The lowest BCUT2D eigenvalue weighted by molar-refractivity contribution is 0.236. The molecule has 0 spiro atoms. The number of rotatable bonds is 6. The molecule has 8 nitrogen and oxygen atoms in total. The molecule has 0 fully saturated rings. The summed E-state index contributed by atoms with van der Waals surface area (Å²) in [6.07, 6.45) is 3.33. The van der Waals surface area contributed by atoms with Crippen LogP contribution in [0.1, 0.15) is 25.8 Å². The van der Waals surface area contributed by atoms with E-state index in [0.717, 1.165) is 5.56 Å². The van der Waals surface area contributed by atoms with Gasteiger partial charge in [0, 0.05) is 29.7 Å². The van der Waals surface area contributed by atoms with Gasteiger partial charge in [0.1, 0.15) is 11.8 Å². The molecule has 0 bridgehead atoms. The predicted octanol–water partition coefficient (Wildman–Crippen LogP) is 3.66. The number of anilines is 1. The van der Waals surface area contributed by atoms with Gasteiger partial charge in [0.05, 0.1) is 7.11 Å². The molecule has 2 amide bonds. The van der Waals surface area contributed by atoms with Crippen molar-refractivity contribution in [3.8, 4) is 17.1 Å². The minimum absolute atomic E-state index is 0.0447. The first kappa shape index (κ1) is 18.4.